The van der Waals surface area contributed by atoms with Crippen molar-refractivity contribution in [2.75, 3.05) is 0 Å². The number of para-hydroxylation sites is 1. The highest BCUT2D eigenvalue weighted by molar-refractivity contribution is 6.12. The lowest BCUT2D eigenvalue weighted by molar-refractivity contribution is -0.140. The van der Waals surface area contributed by atoms with E-state index >= 15 is 0 Å². The van der Waals surface area contributed by atoms with Crippen LogP contribution in [0.4, 0.5) is 0 Å². The summed E-state index contributed by atoms with van der Waals surface area (Å²) in [6.45, 7) is 3.12. The van der Waals surface area contributed by atoms with Gasteiger partial charge in [-0.2, -0.15) is 0 Å². The lowest BCUT2D eigenvalue weighted by Gasteiger charge is -2.09. The number of aromatic nitrogens is 1. The molecule has 0 radical (unpaired) electrons. The first kappa shape index (κ1) is 20.5. The third-order valence-corrected chi connectivity index (χ3v) is 5.53. The molecule has 5 aromatic rings. The van der Waals surface area contributed by atoms with E-state index in [1.54, 1.807) is 19.1 Å². The lowest BCUT2D eigenvalue weighted by atomic mass is 10.1. The zero-order valence-corrected chi connectivity index (χ0v) is 18.1. The van der Waals surface area contributed by atoms with Crippen molar-refractivity contribution in [1.82, 2.24) is 4.57 Å². The fourth-order valence-corrected chi connectivity index (χ4v) is 3.97. The molecule has 6 nitrogen and oxygen atoms in total. The minimum atomic E-state index is -0.457. The summed E-state index contributed by atoms with van der Waals surface area (Å²) in [6.07, 6.45) is 1.49. The maximum atomic E-state index is 12.6. The van der Waals surface area contributed by atoms with Gasteiger partial charge in [-0.3, -0.25) is 4.79 Å². The molecule has 0 amide bonds. The smallest absolute Gasteiger partial charge is 0.331 e. The summed E-state index contributed by atoms with van der Waals surface area (Å²) >= 11 is 0. The fraction of sp³-hybridized carbons (Fsp3) is 0.0741. The number of carbonyl (C=O) groups excluding carboxylic acids is 2. The van der Waals surface area contributed by atoms with Gasteiger partial charge in [-0.15, -0.1) is 0 Å². The van der Waals surface area contributed by atoms with E-state index in [4.69, 9.17) is 9.25 Å². The van der Waals surface area contributed by atoms with Crippen molar-refractivity contribution in [2.24, 2.45) is 5.16 Å². The summed E-state index contributed by atoms with van der Waals surface area (Å²) in [7, 11) is 0. The van der Waals surface area contributed by atoms with Gasteiger partial charge in [0, 0.05) is 28.9 Å². The summed E-state index contributed by atoms with van der Waals surface area (Å²) < 4.78 is 7.40. The quantitative estimate of drug-likeness (QED) is 0.149. The van der Waals surface area contributed by atoms with Crippen molar-refractivity contribution in [1.29, 1.82) is 0 Å². The van der Waals surface area contributed by atoms with E-state index in [0.29, 0.717) is 17.0 Å². The Kier molecular flexibility index (Phi) is 5.11. The first-order chi connectivity index (χ1) is 16.0. The van der Waals surface area contributed by atoms with E-state index in [2.05, 4.69) is 21.9 Å². The number of ketones is 1. The second kappa shape index (κ2) is 8.24. The van der Waals surface area contributed by atoms with Crippen LogP contribution >= 0.6 is 0 Å². The number of furan rings is 1. The number of benzene rings is 3. The molecule has 0 aliphatic rings. The third kappa shape index (κ3) is 3.72. The summed E-state index contributed by atoms with van der Waals surface area (Å²) in [5, 5.41) is 6.05. The predicted molar refractivity (Wildman–Crippen MR) is 127 cm³/mol. The Hall–Kier alpha value is -4.45. The minimum absolute atomic E-state index is 0.152. The molecule has 3 aromatic carbocycles. The minimum Gasteiger partial charge on any atom is -0.461 e. The van der Waals surface area contributed by atoms with Crippen LogP contribution in [0.5, 0.6) is 0 Å². The van der Waals surface area contributed by atoms with Crippen molar-refractivity contribution in [3.63, 3.8) is 0 Å². The second-order valence-electron chi connectivity index (χ2n) is 7.70. The maximum absolute atomic E-state index is 12.6. The van der Waals surface area contributed by atoms with Gasteiger partial charge < -0.3 is 13.8 Å². The first-order valence-corrected chi connectivity index (χ1v) is 10.5. The summed E-state index contributed by atoms with van der Waals surface area (Å²) in [5.74, 6) is -0.292. The zero-order valence-electron chi connectivity index (χ0n) is 18.1. The number of fused-ring (bicyclic) bond motifs is 3. The van der Waals surface area contributed by atoms with E-state index in [-0.39, 0.29) is 5.78 Å². The van der Waals surface area contributed by atoms with E-state index < -0.39 is 5.97 Å². The van der Waals surface area contributed by atoms with Crippen LogP contribution in [-0.4, -0.2) is 22.0 Å². The molecule has 2 aromatic heterocycles. The average Bonchev–Trinajstić information content (AvgIpc) is 3.48. The molecule has 162 valence electrons. The van der Waals surface area contributed by atoms with Crippen molar-refractivity contribution >= 4 is 39.3 Å². The van der Waals surface area contributed by atoms with Crippen LogP contribution < -0.4 is 0 Å². The Morgan fingerprint density at radius 1 is 0.818 bits per heavy atom. The highest BCUT2D eigenvalue weighted by Crippen LogP contribution is 2.33. The van der Waals surface area contributed by atoms with E-state index in [1.165, 1.54) is 13.2 Å². The van der Waals surface area contributed by atoms with Gasteiger partial charge in [-0.1, -0.05) is 29.4 Å². The van der Waals surface area contributed by atoms with Crippen LogP contribution in [0, 0.1) is 0 Å². The van der Waals surface area contributed by atoms with Crippen LogP contribution in [0.2, 0.25) is 0 Å². The van der Waals surface area contributed by atoms with Gasteiger partial charge in [-0.25, -0.2) is 4.79 Å². The SMILES string of the molecule is CC(=O)O/N=C(\C)c1ccc2c(c1)c1ccccc1n2-c1ccc(C(=O)c2ccco2)cc1. The Balaban J connectivity index is 1.61. The molecule has 0 saturated heterocycles. The molecular weight excluding hydrogens is 416 g/mol. The van der Waals surface area contributed by atoms with Crippen LogP contribution in [-0.2, 0) is 9.63 Å². The number of hydrogen-bond donors (Lipinski definition) is 0. The van der Waals surface area contributed by atoms with Crippen LogP contribution in [0.15, 0.2) is 94.7 Å². The summed E-state index contributed by atoms with van der Waals surface area (Å²) in [4.78, 5) is 28.5. The monoisotopic (exact) mass is 436 g/mol. The lowest BCUT2D eigenvalue weighted by Crippen LogP contribution is -2.01. The number of nitrogens with zero attached hydrogens (tertiary/aromatic N) is 2. The molecule has 0 bridgehead atoms. The Bertz CT molecular complexity index is 1520. The average molecular weight is 436 g/mol. The predicted octanol–water partition coefficient (Wildman–Crippen LogP) is 5.89. The molecule has 0 unspecified atom stereocenters. The Morgan fingerprint density at radius 3 is 2.27 bits per heavy atom. The summed E-state index contributed by atoms with van der Waals surface area (Å²) in [6, 6.07) is 25.0. The molecule has 0 spiro atoms. The van der Waals surface area contributed by atoms with Gasteiger partial charge in [0.15, 0.2) is 5.76 Å². The van der Waals surface area contributed by atoms with Crippen molar-refractivity contribution < 1.29 is 18.8 Å². The molecule has 0 aliphatic heterocycles. The first-order valence-electron chi connectivity index (χ1n) is 10.5. The Labute approximate surface area is 189 Å². The molecular formula is C27H20N2O4. The number of oxime groups is 1. The van der Waals surface area contributed by atoms with E-state index in [1.807, 2.05) is 54.6 Å². The largest absolute Gasteiger partial charge is 0.461 e. The number of hydrogen-bond acceptors (Lipinski definition) is 5. The summed E-state index contributed by atoms with van der Waals surface area (Å²) in [5.41, 5.74) is 5.05. The highest BCUT2D eigenvalue weighted by Gasteiger charge is 2.15. The van der Waals surface area contributed by atoms with Crippen molar-refractivity contribution in [3.05, 3.63) is 102 Å². The van der Waals surface area contributed by atoms with Crippen molar-refractivity contribution in [3.8, 4) is 5.69 Å². The second-order valence-corrected chi connectivity index (χ2v) is 7.70. The number of rotatable bonds is 5. The standard InChI is InChI=1S/C27H20N2O4/c1-17(28-33-18(2)30)20-11-14-25-23(16-20)22-6-3-4-7-24(22)29(25)21-12-9-19(10-13-21)27(31)26-8-5-15-32-26/h3-16H,1-2H3/b28-17+. The van der Waals surface area contributed by atoms with Gasteiger partial charge in [0.1, 0.15) is 0 Å². The van der Waals surface area contributed by atoms with Gasteiger partial charge in [0.2, 0.25) is 5.78 Å². The van der Waals surface area contributed by atoms with E-state index in [0.717, 1.165) is 33.1 Å². The van der Waals surface area contributed by atoms with E-state index in [9.17, 15) is 9.59 Å². The van der Waals surface area contributed by atoms with Gasteiger partial charge in [0.25, 0.3) is 0 Å². The molecule has 2 heterocycles. The van der Waals surface area contributed by atoms with Gasteiger partial charge in [-0.05, 0) is 67.1 Å². The number of carbonyl (C=O) groups is 2. The molecule has 0 aliphatic carbocycles. The highest BCUT2D eigenvalue weighted by atomic mass is 16.7. The molecule has 0 atom stereocenters. The molecule has 33 heavy (non-hydrogen) atoms. The topological polar surface area (TPSA) is 73.8 Å². The fourth-order valence-electron chi connectivity index (χ4n) is 3.97. The molecule has 6 heteroatoms. The Morgan fingerprint density at radius 2 is 1.55 bits per heavy atom. The maximum Gasteiger partial charge on any atom is 0.331 e. The van der Waals surface area contributed by atoms with Gasteiger partial charge in [0.05, 0.1) is 23.0 Å². The zero-order chi connectivity index (χ0) is 22.9. The van der Waals surface area contributed by atoms with Crippen LogP contribution in [0.3, 0.4) is 0 Å². The normalized spacial score (nSPS) is 11.8. The molecule has 0 fully saturated rings. The van der Waals surface area contributed by atoms with Crippen LogP contribution in [0.1, 0.15) is 35.5 Å². The third-order valence-electron chi connectivity index (χ3n) is 5.53. The van der Waals surface area contributed by atoms with Crippen LogP contribution in [0.25, 0.3) is 27.5 Å². The molecule has 5 rings (SSSR count). The van der Waals surface area contributed by atoms with Gasteiger partial charge >= 0.3 is 5.97 Å². The molecule has 0 saturated carbocycles. The van der Waals surface area contributed by atoms with Crippen molar-refractivity contribution in [2.45, 2.75) is 13.8 Å². The molecule has 0 N–H and O–H groups in total.